The molecule has 1 saturated heterocycles. The molecule has 0 saturated carbocycles. The number of likely N-dealkylation sites (tertiary alicyclic amines) is 1. The second kappa shape index (κ2) is 9.96. The first-order valence-electron chi connectivity index (χ1n) is 10.8. The van der Waals surface area contributed by atoms with E-state index in [0.29, 0.717) is 34.3 Å². The predicted molar refractivity (Wildman–Crippen MR) is 125 cm³/mol. The summed E-state index contributed by atoms with van der Waals surface area (Å²) in [6.07, 6.45) is 3.41. The van der Waals surface area contributed by atoms with Gasteiger partial charge in [0.1, 0.15) is 17.3 Å². The minimum Gasteiger partial charge on any atom is -0.507 e. The van der Waals surface area contributed by atoms with Crippen molar-refractivity contribution in [3.8, 4) is 5.75 Å². The molecule has 0 bridgehead atoms. The van der Waals surface area contributed by atoms with Crippen LogP contribution in [0.2, 0.25) is 5.02 Å². The zero-order valence-electron chi connectivity index (χ0n) is 18.2. The summed E-state index contributed by atoms with van der Waals surface area (Å²) in [6.45, 7) is 2.71. The number of hydrogen-bond donors (Lipinski definition) is 1. The Kier molecular flexibility index (Phi) is 6.84. The van der Waals surface area contributed by atoms with Crippen LogP contribution in [0.15, 0.2) is 76.9 Å². The summed E-state index contributed by atoms with van der Waals surface area (Å²) >= 11 is 6.05. The first kappa shape index (κ1) is 22.7. The van der Waals surface area contributed by atoms with Gasteiger partial charge in [0.15, 0.2) is 0 Å². The van der Waals surface area contributed by atoms with Crippen LogP contribution in [0.3, 0.4) is 0 Å². The first-order chi connectivity index (χ1) is 16.0. The Morgan fingerprint density at radius 2 is 1.91 bits per heavy atom. The monoisotopic (exact) mass is 465 g/mol. The lowest BCUT2D eigenvalue weighted by atomic mass is 9.95. The Hall–Kier alpha value is -3.51. The molecule has 1 unspecified atom stereocenters. The van der Waals surface area contributed by atoms with Gasteiger partial charge in [0.25, 0.3) is 11.7 Å². The number of unbranched alkanes of at least 4 members (excludes halogenated alkanes) is 1. The second-order valence-corrected chi connectivity index (χ2v) is 8.22. The van der Waals surface area contributed by atoms with Gasteiger partial charge in [-0.3, -0.25) is 9.59 Å². The SMILES string of the molecule is CCCCOc1cccc(/C(O)=C2\C(=O)C(=O)N(Cc3ccco3)C2c2ccc(Cl)cc2)c1. The van der Waals surface area contributed by atoms with E-state index >= 15 is 0 Å². The first-order valence-corrected chi connectivity index (χ1v) is 11.2. The van der Waals surface area contributed by atoms with E-state index in [0.717, 1.165) is 12.8 Å². The molecule has 1 N–H and O–H groups in total. The molecule has 0 radical (unpaired) electrons. The summed E-state index contributed by atoms with van der Waals surface area (Å²) < 4.78 is 11.1. The number of rotatable bonds is 8. The molecule has 6 nitrogen and oxygen atoms in total. The maximum atomic E-state index is 13.1. The lowest BCUT2D eigenvalue weighted by Gasteiger charge is -2.24. The second-order valence-electron chi connectivity index (χ2n) is 7.79. The quantitative estimate of drug-likeness (QED) is 0.199. The van der Waals surface area contributed by atoms with E-state index in [1.165, 1.54) is 11.2 Å². The van der Waals surface area contributed by atoms with Gasteiger partial charge in [-0.25, -0.2) is 0 Å². The van der Waals surface area contributed by atoms with E-state index in [1.54, 1.807) is 60.7 Å². The highest BCUT2D eigenvalue weighted by molar-refractivity contribution is 6.46. The maximum Gasteiger partial charge on any atom is 0.296 e. The molecule has 0 aliphatic carbocycles. The number of aliphatic hydroxyl groups excluding tert-OH is 1. The highest BCUT2D eigenvalue weighted by Gasteiger charge is 2.46. The molecular weight excluding hydrogens is 442 g/mol. The molecule has 1 aliphatic heterocycles. The van der Waals surface area contributed by atoms with Crippen molar-refractivity contribution in [1.29, 1.82) is 0 Å². The number of ketones is 1. The lowest BCUT2D eigenvalue weighted by molar-refractivity contribution is -0.140. The molecule has 170 valence electrons. The van der Waals surface area contributed by atoms with E-state index in [2.05, 4.69) is 6.92 Å². The van der Waals surface area contributed by atoms with Crippen molar-refractivity contribution in [2.75, 3.05) is 6.61 Å². The van der Waals surface area contributed by atoms with Crippen LogP contribution < -0.4 is 4.74 Å². The number of hydrogen-bond acceptors (Lipinski definition) is 5. The molecule has 7 heteroatoms. The highest BCUT2D eigenvalue weighted by atomic mass is 35.5. The number of ether oxygens (including phenoxy) is 1. The molecule has 4 rings (SSSR count). The standard InChI is InChI=1S/C26H24ClNO5/c1-2-3-13-32-20-7-4-6-18(15-20)24(29)22-23(17-9-11-19(27)12-10-17)28(26(31)25(22)30)16-21-8-5-14-33-21/h4-12,14-15,23,29H,2-3,13,16H2,1H3/b24-22+. The number of carbonyl (C=O) groups excluding carboxylic acids is 2. The van der Waals surface area contributed by atoms with Gasteiger partial charge < -0.3 is 19.2 Å². The smallest absolute Gasteiger partial charge is 0.296 e. The number of furan rings is 1. The fraction of sp³-hybridized carbons (Fsp3) is 0.231. The van der Waals surface area contributed by atoms with Crippen molar-refractivity contribution in [2.45, 2.75) is 32.4 Å². The van der Waals surface area contributed by atoms with Crippen molar-refractivity contribution < 1.29 is 23.8 Å². The van der Waals surface area contributed by atoms with Crippen molar-refractivity contribution in [3.63, 3.8) is 0 Å². The van der Waals surface area contributed by atoms with E-state index in [4.69, 9.17) is 20.8 Å². The molecular formula is C26H24ClNO5. The zero-order chi connectivity index (χ0) is 23.4. The molecule has 1 fully saturated rings. The van der Waals surface area contributed by atoms with Crippen LogP contribution in [0.1, 0.15) is 42.7 Å². The average molecular weight is 466 g/mol. The van der Waals surface area contributed by atoms with Crippen LogP contribution in [-0.2, 0) is 16.1 Å². The topological polar surface area (TPSA) is 80.0 Å². The van der Waals surface area contributed by atoms with Gasteiger partial charge in [0, 0.05) is 10.6 Å². The summed E-state index contributed by atoms with van der Waals surface area (Å²) in [5.41, 5.74) is 1.07. The third-order valence-electron chi connectivity index (χ3n) is 5.51. The fourth-order valence-corrected chi connectivity index (χ4v) is 3.95. The minimum absolute atomic E-state index is 0.0135. The van der Waals surface area contributed by atoms with Crippen LogP contribution in [0.4, 0.5) is 0 Å². The number of halogens is 1. The molecule has 1 atom stereocenters. The number of amides is 1. The van der Waals surface area contributed by atoms with Crippen molar-refractivity contribution in [1.82, 2.24) is 4.90 Å². The third kappa shape index (κ3) is 4.81. The van der Waals surface area contributed by atoms with Crippen LogP contribution in [0, 0.1) is 0 Å². The summed E-state index contributed by atoms with van der Waals surface area (Å²) in [4.78, 5) is 27.5. The number of nitrogens with zero attached hydrogens (tertiary/aromatic N) is 1. The Balaban J connectivity index is 1.78. The average Bonchev–Trinajstić information content (AvgIpc) is 3.42. The normalized spacial score (nSPS) is 17.5. The number of carbonyl (C=O) groups is 2. The van der Waals surface area contributed by atoms with Crippen molar-refractivity contribution in [3.05, 3.63) is 94.4 Å². The van der Waals surface area contributed by atoms with Crippen molar-refractivity contribution in [2.24, 2.45) is 0 Å². The summed E-state index contributed by atoms with van der Waals surface area (Å²) in [6, 6.07) is 16.4. The Labute approximate surface area is 197 Å². The molecule has 33 heavy (non-hydrogen) atoms. The van der Waals surface area contributed by atoms with E-state index in [-0.39, 0.29) is 17.9 Å². The van der Waals surface area contributed by atoms with E-state index in [9.17, 15) is 14.7 Å². The number of Topliss-reactive ketones (excluding diaryl/α,β-unsaturated/α-hetero) is 1. The van der Waals surface area contributed by atoms with Gasteiger partial charge >= 0.3 is 0 Å². The number of benzene rings is 2. The van der Waals surface area contributed by atoms with Crippen LogP contribution in [0.25, 0.3) is 5.76 Å². The van der Waals surface area contributed by atoms with Gasteiger partial charge in [-0.2, -0.15) is 0 Å². The molecule has 1 aliphatic rings. The lowest BCUT2D eigenvalue weighted by Crippen LogP contribution is -2.29. The minimum atomic E-state index is -0.794. The van der Waals surface area contributed by atoms with Gasteiger partial charge in [0.2, 0.25) is 0 Å². The molecule has 2 aromatic carbocycles. The Morgan fingerprint density at radius 1 is 1.12 bits per heavy atom. The number of aliphatic hydroxyl groups is 1. The molecule has 1 aromatic heterocycles. The van der Waals surface area contributed by atoms with E-state index < -0.39 is 17.7 Å². The van der Waals surface area contributed by atoms with Gasteiger partial charge in [-0.1, -0.05) is 49.2 Å². The van der Waals surface area contributed by atoms with Crippen LogP contribution >= 0.6 is 11.6 Å². The van der Waals surface area contributed by atoms with Gasteiger partial charge in [-0.05, 0) is 48.4 Å². The zero-order valence-corrected chi connectivity index (χ0v) is 18.9. The molecule has 1 amide bonds. The van der Waals surface area contributed by atoms with Crippen LogP contribution in [-0.4, -0.2) is 28.3 Å². The van der Waals surface area contributed by atoms with Gasteiger partial charge in [0.05, 0.1) is 31.0 Å². The summed E-state index contributed by atoms with van der Waals surface area (Å²) in [5, 5.41) is 11.7. The van der Waals surface area contributed by atoms with E-state index in [1.807, 2.05) is 0 Å². The predicted octanol–water partition coefficient (Wildman–Crippen LogP) is 5.73. The third-order valence-corrected chi connectivity index (χ3v) is 5.76. The largest absolute Gasteiger partial charge is 0.507 e. The molecule has 3 aromatic rings. The van der Waals surface area contributed by atoms with Crippen LogP contribution in [0.5, 0.6) is 5.75 Å². The molecule has 2 heterocycles. The fourth-order valence-electron chi connectivity index (χ4n) is 3.83. The summed E-state index contributed by atoms with van der Waals surface area (Å²) in [7, 11) is 0. The highest BCUT2D eigenvalue weighted by Crippen LogP contribution is 2.40. The Bertz CT molecular complexity index is 1170. The Morgan fingerprint density at radius 3 is 2.61 bits per heavy atom. The van der Waals surface area contributed by atoms with Gasteiger partial charge in [-0.15, -0.1) is 0 Å². The molecule has 0 spiro atoms. The van der Waals surface area contributed by atoms with Crippen molar-refractivity contribution >= 4 is 29.1 Å². The maximum absolute atomic E-state index is 13.1. The summed E-state index contributed by atoms with van der Waals surface area (Å²) in [5.74, 6) is -0.599.